The predicted octanol–water partition coefficient (Wildman–Crippen LogP) is 3.89. The van der Waals surface area contributed by atoms with Gasteiger partial charge in [-0.1, -0.05) is 36.4 Å². The number of hydrogen-bond acceptors (Lipinski definition) is 5. The molecule has 1 fully saturated rings. The second-order valence-corrected chi connectivity index (χ2v) is 8.93. The summed E-state index contributed by atoms with van der Waals surface area (Å²) in [6.45, 7) is 0. The van der Waals surface area contributed by atoms with Crippen LogP contribution in [0.2, 0.25) is 0 Å². The molecule has 1 saturated carbocycles. The van der Waals surface area contributed by atoms with Crippen LogP contribution < -0.4 is 5.32 Å². The maximum Gasteiger partial charge on any atom is 0.312 e. The maximum absolute atomic E-state index is 14.5. The van der Waals surface area contributed by atoms with E-state index in [0.717, 1.165) is 40.6 Å². The Morgan fingerprint density at radius 3 is 2.57 bits per heavy atom. The average Bonchev–Trinajstić information content (AvgIpc) is 3.59. The van der Waals surface area contributed by atoms with Gasteiger partial charge in [-0.3, -0.25) is 14.2 Å². The lowest BCUT2D eigenvalue weighted by Gasteiger charge is -2.18. The third-order valence-electron chi connectivity index (χ3n) is 6.89. The first-order chi connectivity index (χ1) is 16.9. The van der Waals surface area contributed by atoms with Gasteiger partial charge in [-0.15, -0.1) is 0 Å². The number of alkyl halides is 1. The molecule has 1 atom stereocenters. The third kappa shape index (κ3) is 3.37. The topological polar surface area (TPSA) is 92.4 Å². The van der Waals surface area contributed by atoms with E-state index in [1.807, 2.05) is 22.9 Å². The second kappa shape index (κ2) is 7.68. The van der Waals surface area contributed by atoms with Crippen molar-refractivity contribution < 1.29 is 14.3 Å². The molecule has 3 aromatic heterocycles. The van der Waals surface area contributed by atoms with Gasteiger partial charge >= 0.3 is 5.85 Å². The van der Waals surface area contributed by atoms with Crippen molar-refractivity contribution in [2.75, 3.05) is 7.05 Å². The number of imidazole rings is 1. The van der Waals surface area contributed by atoms with E-state index in [4.69, 9.17) is 0 Å². The van der Waals surface area contributed by atoms with Crippen LogP contribution in [0, 0.1) is 0 Å². The normalized spacial score (nSPS) is 16.2. The molecule has 8 heteroatoms. The number of aliphatic hydroxyl groups is 1. The van der Waals surface area contributed by atoms with Crippen molar-refractivity contribution in [3.8, 4) is 11.1 Å². The van der Waals surface area contributed by atoms with Gasteiger partial charge in [0, 0.05) is 47.6 Å². The van der Waals surface area contributed by atoms with E-state index in [-0.39, 0.29) is 11.0 Å². The first kappa shape index (κ1) is 21.4. The molecule has 35 heavy (non-hydrogen) atoms. The predicted molar refractivity (Wildman–Crippen MR) is 129 cm³/mol. The highest BCUT2D eigenvalue weighted by Gasteiger charge is 2.48. The zero-order chi connectivity index (χ0) is 24.2. The number of carbonyl (C=O) groups is 1. The molecule has 1 amide bonds. The fraction of sp³-hybridized carbons (Fsp3) is 0.185. The zero-order valence-electron chi connectivity index (χ0n) is 18.9. The van der Waals surface area contributed by atoms with Gasteiger partial charge in [0.1, 0.15) is 0 Å². The minimum absolute atomic E-state index is 0.133. The third-order valence-corrected chi connectivity index (χ3v) is 6.89. The number of nitrogens with one attached hydrogen (secondary N) is 1. The van der Waals surface area contributed by atoms with E-state index in [2.05, 4.69) is 44.5 Å². The van der Waals surface area contributed by atoms with Crippen molar-refractivity contribution in [1.82, 2.24) is 24.7 Å². The number of fused-ring (bicyclic) bond motifs is 2. The number of pyridine rings is 1. The summed E-state index contributed by atoms with van der Waals surface area (Å²) < 4.78 is 16.5. The molecule has 0 radical (unpaired) electrons. The minimum Gasteiger partial charge on any atom is -0.354 e. The number of likely N-dealkylation sites (N-methyl/N-ethyl adjacent to an activating group) is 1. The number of aromatic nitrogens is 4. The van der Waals surface area contributed by atoms with Crippen molar-refractivity contribution in [2.24, 2.45) is 0 Å². The quantitative estimate of drug-likeness (QED) is 0.409. The Hall–Kier alpha value is -4.17. The molecule has 6 rings (SSSR count). The smallest absolute Gasteiger partial charge is 0.312 e. The van der Waals surface area contributed by atoms with Crippen LogP contribution in [0.4, 0.5) is 4.39 Å². The van der Waals surface area contributed by atoms with Crippen LogP contribution in [0.1, 0.15) is 29.7 Å². The summed E-state index contributed by atoms with van der Waals surface area (Å²) in [5, 5.41) is 13.2. The summed E-state index contributed by atoms with van der Waals surface area (Å²) in [5.74, 6) is -3.61. The number of nitrogens with zero attached hydrogens (tertiary/aromatic N) is 4. The van der Waals surface area contributed by atoms with Gasteiger partial charge in [0.2, 0.25) is 5.78 Å². The summed E-state index contributed by atoms with van der Waals surface area (Å²) in [4.78, 5) is 25.2. The molecule has 1 aliphatic carbocycles. The molecule has 2 aromatic carbocycles. The number of halogens is 1. The number of amides is 1. The van der Waals surface area contributed by atoms with Gasteiger partial charge in [-0.05, 0) is 42.2 Å². The Kier molecular flexibility index (Phi) is 4.69. The van der Waals surface area contributed by atoms with Crippen LogP contribution in [-0.4, -0.2) is 37.4 Å². The van der Waals surface area contributed by atoms with E-state index in [0.29, 0.717) is 5.78 Å². The van der Waals surface area contributed by atoms with Crippen molar-refractivity contribution in [1.29, 1.82) is 0 Å². The van der Waals surface area contributed by atoms with E-state index < -0.39 is 11.8 Å². The van der Waals surface area contributed by atoms with E-state index in [9.17, 15) is 14.3 Å². The van der Waals surface area contributed by atoms with E-state index in [1.54, 1.807) is 24.5 Å². The van der Waals surface area contributed by atoms with Crippen LogP contribution >= 0.6 is 0 Å². The number of hydrogen-bond donors (Lipinski definition) is 2. The molecule has 1 aliphatic rings. The molecule has 0 saturated heterocycles. The lowest BCUT2D eigenvalue weighted by molar-refractivity contribution is -0.162. The summed E-state index contributed by atoms with van der Waals surface area (Å²) in [6, 6.07) is 16.5. The van der Waals surface area contributed by atoms with Crippen molar-refractivity contribution >= 4 is 22.6 Å². The molecule has 5 aromatic rings. The Morgan fingerprint density at radius 2 is 1.83 bits per heavy atom. The van der Waals surface area contributed by atoms with Crippen LogP contribution in [0.3, 0.4) is 0 Å². The maximum atomic E-state index is 14.5. The van der Waals surface area contributed by atoms with Crippen LogP contribution in [0.15, 0.2) is 79.4 Å². The van der Waals surface area contributed by atoms with Crippen LogP contribution in [0.5, 0.6) is 0 Å². The van der Waals surface area contributed by atoms with E-state index >= 15 is 0 Å². The van der Waals surface area contributed by atoms with Crippen molar-refractivity contribution in [3.63, 3.8) is 0 Å². The Labute approximate surface area is 200 Å². The van der Waals surface area contributed by atoms with E-state index in [1.165, 1.54) is 24.7 Å². The van der Waals surface area contributed by atoms with Gasteiger partial charge < -0.3 is 10.4 Å². The Bertz CT molecular complexity index is 1590. The summed E-state index contributed by atoms with van der Waals surface area (Å²) in [6.07, 6.45) is 9.40. The largest absolute Gasteiger partial charge is 0.354 e. The lowest BCUT2D eigenvalue weighted by atomic mass is 9.91. The summed E-state index contributed by atoms with van der Waals surface area (Å²) in [7, 11) is 1.27. The van der Waals surface area contributed by atoms with Gasteiger partial charge in [0.15, 0.2) is 0 Å². The SMILES string of the molecule is CNC(=O)C(O)(F)c1ccc(-c2cnc3ncc(C4(c5ccc6ncccc6c5)CC4)n3c2)cc1. The Balaban J connectivity index is 1.39. The zero-order valence-corrected chi connectivity index (χ0v) is 18.9. The van der Waals surface area contributed by atoms with Crippen LogP contribution in [0.25, 0.3) is 27.8 Å². The molecule has 0 bridgehead atoms. The highest BCUT2D eigenvalue weighted by atomic mass is 19.2. The molecule has 2 N–H and O–H groups in total. The Morgan fingerprint density at radius 1 is 1.06 bits per heavy atom. The fourth-order valence-corrected chi connectivity index (χ4v) is 4.75. The summed E-state index contributed by atoms with van der Waals surface area (Å²) in [5.41, 5.74) is 4.58. The number of benzene rings is 2. The highest BCUT2D eigenvalue weighted by molar-refractivity contribution is 5.84. The molecule has 0 aliphatic heterocycles. The van der Waals surface area contributed by atoms with Crippen molar-refractivity contribution in [2.45, 2.75) is 24.1 Å². The second-order valence-electron chi connectivity index (χ2n) is 8.93. The lowest BCUT2D eigenvalue weighted by Crippen LogP contribution is -2.39. The van der Waals surface area contributed by atoms with Gasteiger partial charge in [0.05, 0.1) is 17.4 Å². The first-order valence-electron chi connectivity index (χ1n) is 11.4. The van der Waals surface area contributed by atoms with Crippen molar-refractivity contribution in [3.05, 3.63) is 96.2 Å². The monoisotopic (exact) mass is 467 g/mol. The molecule has 174 valence electrons. The minimum atomic E-state index is -3.10. The highest BCUT2D eigenvalue weighted by Crippen LogP contribution is 2.53. The molecular weight excluding hydrogens is 445 g/mol. The number of carbonyl (C=O) groups excluding carboxylic acids is 1. The first-order valence-corrected chi connectivity index (χ1v) is 11.4. The molecule has 7 nitrogen and oxygen atoms in total. The van der Waals surface area contributed by atoms with Crippen LogP contribution in [-0.2, 0) is 16.1 Å². The van der Waals surface area contributed by atoms with Gasteiger partial charge in [-0.25, -0.2) is 9.97 Å². The van der Waals surface area contributed by atoms with Gasteiger partial charge in [-0.2, -0.15) is 4.39 Å². The number of rotatable bonds is 5. The van der Waals surface area contributed by atoms with Gasteiger partial charge in [0.25, 0.3) is 5.91 Å². The molecular formula is C27H22FN5O2. The average molecular weight is 468 g/mol. The molecule has 1 unspecified atom stereocenters. The molecule has 0 spiro atoms. The fourth-order valence-electron chi connectivity index (χ4n) is 4.75. The molecule has 3 heterocycles. The standard InChI is InChI=1S/C27H22FN5O2/c1-29-24(34)27(28,35)20-6-4-17(5-7-20)19-14-31-25-32-15-23(33(25)16-19)26(10-11-26)21-8-9-22-18(13-21)3-2-12-30-22/h2-9,12-16,35H,10-11H2,1H3,(H,29,34). The summed E-state index contributed by atoms with van der Waals surface area (Å²) >= 11 is 0.